The number of likely N-dealkylation sites (tertiary alicyclic amines) is 1. The summed E-state index contributed by atoms with van der Waals surface area (Å²) in [4.78, 5) is 15.1. The van der Waals surface area contributed by atoms with Gasteiger partial charge in [0, 0.05) is 18.4 Å². The minimum Gasteiger partial charge on any atom is -0.457 e. The first-order valence-corrected chi connectivity index (χ1v) is 15.0. The van der Waals surface area contributed by atoms with Crippen molar-refractivity contribution in [2.45, 2.75) is 104 Å². The zero-order valence-electron chi connectivity index (χ0n) is 23.1. The molecule has 5 fully saturated rings. The molecule has 0 amide bonds. The fourth-order valence-electron chi connectivity index (χ4n) is 9.90. The molecule has 0 radical (unpaired) electrons. The van der Waals surface area contributed by atoms with E-state index in [2.05, 4.69) is 56.0 Å². The van der Waals surface area contributed by atoms with Gasteiger partial charge < -0.3 is 9.64 Å². The van der Waals surface area contributed by atoms with E-state index < -0.39 is 0 Å². The summed E-state index contributed by atoms with van der Waals surface area (Å²) in [5.41, 5.74) is 4.45. The lowest BCUT2D eigenvalue weighted by molar-refractivity contribution is -0.160. The van der Waals surface area contributed by atoms with Crippen molar-refractivity contribution in [1.29, 1.82) is 0 Å². The van der Waals surface area contributed by atoms with Crippen molar-refractivity contribution >= 4 is 12.0 Å². The summed E-state index contributed by atoms with van der Waals surface area (Å²) in [6, 6.07) is 9.65. The molecule has 1 heterocycles. The minimum atomic E-state index is -0.130. The highest BCUT2D eigenvalue weighted by Crippen LogP contribution is 2.67. The maximum Gasteiger partial charge on any atom is 0.303 e. The zero-order chi connectivity index (χ0) is 25.1. The van der Waals surface area contributed by atoms with Crippen LogP contribution in [-0.4, -0.2) is 36.1 Å². The van der Waals surface area contributed by atoms with E-state index in [1.807, 2.05) is 0 Å². The lowest BCUT2D eigenvalue weighted by atomic mass is 9.45. The summed E-state index contributed by atoms with van der Waals surface area (Å²) in [6.45, 7) is 11.5. The highest BCUT2D eigenvalue weighted by atomic mass is 16.5. The van der Waals surface area contributed by atoms with Gasteiger partial charge in [-0.05, 0) is 124 Å². The van der Waals surface area contributed by atoms with Crippen LogP contribution in [0.3, 0.4) is 0 Å². The van der Waals surface area contributed by atoms with E-state index in [9.17, 15) is 4.79 Å². The zero-order valence-corrected chi connectivity index (χ0v) is 23.1. The summed E-state index contributed by atoms with van der Waals surface area (Å²) in [7, 11) is 0. The number of carbonyl (C=O) groups excluding carboxylic acids is 1. The number of carbonyl (C=O) groups is 1. The summed E-state index contributed by atoms with van der Waals surface area (Å²) < 4.78 is 6.16. The highest BCUT2D eigenvalue weighted by Gasteiger charge is 2.62. The van der Waals surface area contributed by atoms with Crippen LogP contribution >= 0.6 is 0 Å². The third kappa shape index (κ3) is 4.08. The molecule has 36 heavy (non-hydrogen) atoms. The Hall–Kier alpha value is -1.61. The number of ether oxygens (including phenoxy) is 1. The molecule has 0 bridgehead atoms. The molecule has 6 rings (SSSR count). The molecule has 5 aliphatic rings. The Morgan fingerprint density at radius 1 is 0.972 bits per heavy atom. The molecule has 3 heteroatoms. The molecule has 196 valence electrons. The number of hydrogen-bond acceptors (Lipinski definition) is 3. The van der Waals surface area contributed by atoms with Crippen molar-refractivity contribution in [3.8, 4) is 0 Å². The van der Waals surface area contributed by atoms with Crippen LogP contribution in [0.4, 0.5) is 0 Å². The van der Waals surface area contributed by atoms with E-state index in [0.29, 0.717) is 11.3 Å². The highest BCUT2D eigenvalue weighted by molar-refractivity contribution is 5.67. The molecule has 1 aliphatic heterocycles. The molecule has 1 aromatic carbocycles. The smallest absolute Gasteiger partial charge is 0.303 e. The molecule has 1 aromatic rings. The predicted octanol–water partition coefficient (Wildman–Crippen LogP) is 7.43. The molecule has 0 unspecified atom stereocenters. The Balaban J connectivity index is 1.26. The van der Waals surface area contributed by atoms with Crippen LogP contribution in [0.5, 0.6) is 0 Å². The SMILES string of the molecule is CC(=O)O[C@H]1/C(=C/c2ccc(C)cc2)C[C@H]2[C@@H]3CC[C@H]4C[C@@H](N5CCCC5)CC[C@]4(C)[C@H]3CC[C@]12C. The summed E-state index contributed by atoms with van der Waals surface area (Å²) in [5.74, 6) is 3.01. The van der Waals surface area contributed by atoms with Gasteiger partial charge in [0.15, 0.2) is 0 Å². The van der Waals surface area contributed by atoms with Gasteiger partial charge in [0.2, 0.25) is 0 Å². The fraction of sp³-hybridized carbons (Fsp3) is 0.727. The number of esters is 1. The molecular weight excluding hydrogens is 442 g/mol. The lowest BCUT2D eigenvalue weighted by Crippen LogP contribution is -2.55. The van der Waals surface area contributed by atoms with Crippen molar-refractivity contribution in [2.75, 3.05) is 13.1 Å². The third-order valence-electron chi connectivity index (χ3n) is 11.8. The normalized spacial score (nSPS) is 43.6. The van der Waals surface area contributed by atoms with Gasteiger partial charge in [-0.25, -0.2) is 0 Å². The van der Waals surface area contributed by atoms with Crippen LogP contribution in [0.15, 0.2) is 29.8 Å². The molecule has 1 saturated heterocycles. The summed E-state index contributed by atoms with van der Waals surface area (Å²) >= 11 is 0. The van der Waals surface area contributed by atoms with E-state index in [1.165, 1.54) is 87.6 Å². The van der Waals surface area contributed by atoms with E-state index in [4.69, 9.17) is 4.74 Å². The van der Waals surface area contributed by atoms with Gasteiger partial charge in [-0.1, -0.05) is 49.8 Å². The number of aryl methyl sites for hydroxylation is 1. The average molecular weight is 490 g/mol. The van der Waals surface area contributed by atoms with E-state index in [0.717, 1.165) is 30.2 Å². The first kappa shape index (κ1) is 24.7. The Morgan fingerprint density at radius 2 is 1.69 bits per heavy atom. The van der Waals surface area contributed by atoms with Crippen LogP contribution < -0.4 is 0 Å². The maximum absolute atomic E-state index is 12.3. The Labute approximate surface area is 219 Å². The van der Waals surface area contributed by atoms with E-state index in [-0.39, 0.29) is 17.5 Å². The van der Waals surface area contributed by atoms with E-state index >= 15 is 0 Å². The number of benzene rings is 1. The van der Waals surface area contributed by atoms with Gasteiger partial charge in [-0.15, -0.1) is 0 Å². The number of fused-ring (bicyclic) bond motifs is 5. The molecular formula is C33H47NO2. The largest absolute Gasteiger partial charge is 0.457 e. The Morgan fingerprint density at radius 3 is 2.42 bits per heavy atom. The average Bonchev–Trinajstić information content (AvgIpc) is 3.47. The van der Waals surface area contributed by atoms with Crippen LogP contribution in [0.2, 0.25) is 0 Å². The van der Waals surface area contributed by atoms with Crippen molar-refractivity contribution in [3.05, 3.63) is 41.0 Å². The van der Waals surface area contributed by atoms with Crippen molar-refractivity contribution in [2.24, 2.45) is 34.5 Å². The van der Waals surface area contributed by atoms with Crippen LogP contribution in [0, 0.1) is 41.4 Å². The first-order chi connectivity index (χ1) is 17.3. The van der Waals surface area contributed by atoms with Gasteiger partial charge in [-0.2, -0.15) is 0 Å². The van der Waals surface area contributed by atoms with E-state index in [1.54, 1.807) is 6.92 Å². The fourth-order valence-corrected chi connectivity index (χ4v) is 9.90. The number of hydrogen-bond donors (Lipinski definition) is 0. The number of rotatable bonds is 3. The summed E-state index contributed by atoms with van der Waals surface area (Å²) in [5, 5.41) is 0. The second-order valence-electron chi connectivity index (χ2n) is 13.7. The standard InChI is InChI=1S/C33H47NO2/c1-22-7-9-24(10-8-22)19-25-20-30-28-12-11-26-21-27(34-17-5-6-18-34)13-15-32(26,3)29(28)14-16-33(30,4)31(25)36-23(2)35/h7-10,19,26-31H,5-6,11-18,20-21H2,1-4H3/b25-19+/t26-,27-,28+,29-,30-,31-,32-,33-/m0/s1. The van der Waals surface area contributed by atoms with Crippen molar-refractivity contribution in [3.63, 3.8) is 0 Å². The third-order valence-corrected chi connectivity index (χ3v) is 11.8. The monoisotopic (exact) mass is 489 g/mol. The van der Waals surface area contributed by atoms with Gasteiger partial charge in [-0.3, -0.25) is 4.79 Å². The van der Waals surface area contributed by atoms with Crippen LogP contribution in [-0.2, 0) is 9.53 Å². The molecule has 4 saturated carbocycles. The quantitative estimate of drug-likeness (QED) is 0.414. The molecule has 0 N–H and O–H groups in total. The Bertz CT molecular complexity index is 1010. The van der Waals surface area contributed by atoms with Crippen LogP contribution in [0.25, 0.3) is 6.08 Å². The van der Waals surface area contributed by atoms with Crippen molar-refractivity contribution in [1.82, 2.24) is 4.90 Å². The lowest BCUT2D eigenvalue weighted by Gasteiger charge is -2.61. The number of nitrogens with zero attached hydrogens (tertiary/aromatic N) is 1. The summed E-state index contributed by atoms with van der Waals surface area (Å²) in [6.07, 6.45) is 15.8. The molecule has 0 spiro atoms. The Kier molecular flexibility index (Phi) is 6.38. The van der Waals surface area contributed by atoms with Crippen molar-refractivity contribution < 1.29 is 9.53 Å². The minimum absolute atomic E-state index is 0.0688. The van der Waals surface area contributed by atoms with Gasteiger partial charge in [0.1, 0.15) is 6.10 Å². The topological polar surface area (TPSA) is 29.5 Å². The molecule has 4 aliphatic carbocycles. The van der Waals surface area contributed by atoms with Gasteiger partial charge in [0.05, 0.1) is 0 Å². The second-order valence-corrected chi connectivity index (χ2v) is 13.7. The second kappa shape index (κ2) is 9.29. The first-order valence-electron chi connectivity index (χ1n) is 15.0. The predicted molar refractivity (Wildman–Crippen MR) is 146 cm³/mol. The van der Waals surface area contributed by atoms with Crippen LogP contribution in [0.1, 0.15) is 96.1 Å². The molecule has 3 nitrogen and oxygen atoms in total. The van der Waals surface area contributed by atoms with Gasteiger partial charge >= 0.3 is 5.97 Å². The molecule has 0 aromatic heterocycles. The maximum atomic E-state index is 12.3. The van der Waals surface area contributed by atoms with Gasteiger partial charge in [0.25, 0.3) is 0 Å². The molecule has 8 atom stereocenters.